The molecule has 1 atom stereocenters. The van der Waals surface area contributed by atoms with Gasteiger partial charge in [-0.2, -0.15) is 0 Å². The van der Waals surface area contributed by atoms with Gasteiger partial charge in [0.1, 0.15) is 24.1 Å². The Balaban J connectivity index is 1.38. The van der Waals surface area contributed by atoms with Crippen molar-refractivity contribution in [2.45, 2.75) is 60.3 Å². The molecule has 0 saturated carbocycles. The van der Waals surface area contributed by atoms with Gasteiger partial charge in [-0.3, -0.25) is 9.36 Å². The van der Waals surface area contributed by atoms with Crippen LogP contribution in [0.5, 0.6) is 11.5 Å². The number of carbonyl (C=O) groups excluding carboxylic acids is 1. The van der Waals surface area contributed by atoms with E-state index in [2.05, 4.69) is 10.6 Å². The Kier molecular flexibility index (Phi) is 9.94. The van der Waals surface area contributed by atoms with Crippen LogP contribution < -0.4 is 24.4 Å². The fourth-order valence-electron chi connectivity index (χ4n) is 6.09. The highest BCUT2D eigenvalue weighted by molar-refractivity contribution is 7.07. The molecule has 2 aromatic heterocycles. The zero-order valence-corrected chi connectivity index (χ0v) is 29.9. The molecule has 252 valence electrons. The Hall–Kier alpha value is -4.86. The first kappa shape index (κ1) is 34.0. The minimum atomic E-state index is -0.765. The van der Waals surface area contributed by atoms with Gasteiger partial charge in [-0.05, 0) is 95.6 Å². The van der Waals surface area contributed by atoms with Gasteiger partial charge in [0.2, 0.25) is 0 Å². The summed E-state index contributed by atoms with van der Waals surface area (Å²) < 4.78 is 21.9. The van der Waals surface area contributed by atoms with Gasteiger partial charge < -0.3 is 18.8 Å². The fourth-order valence-corrected chi connectivity index (χ4v) is 7.32. The Bertz CT molecular complexity index is 2240. The van der Waals surface area contributed by atoms with Gasteiger partial charge in [-0.1, -0.05) is 59.3 Å². The van der Waals surface area contributed by atoms with Crippen LogP contribution in [0.15, 0.2) is 99.9 Å². The van der Waals surface area contributed by atoms with Crippen LogP contribution in [0.2, 0.25) is 5.02 Å². The van der Waals surface area contributed by atoms with E-state index in [1.807, 2.05) is 107 Å². The number of para-hydroxylation sites is 1. The number of hydrogen-bond donors (Lipinski definition) is 0. The van der Waals surface area contributed by atoms with Crippen LogP contribution in [-0.4, -0.2) is 27.8 Å². The summed E-state index contributed by atoms with van der Waals surface area (Å²) >= 11 is 7.59. The lowest BCUT2D eigenvalue weighted by Gasteiger charge is -2.26. The number of carbonyl (C=O) groups is 1. The number of aryl methyl sites for hydroxylation is 1. The van der Waals surface area contributed by atoms with Crippen molar-refractivity contribution in [3.63, 3.8) is 0 Å². The van der Waals surface area contributed by atoms with Crippen molar-refractivity contribution in [1.29, 1.82) is 0 Å². The maximum atomic E-state index is 14.3. The minimum Gasteiger partial charge on any atom is -0.491 e. The van der Waals surface area contributed by atoms with E-state index >= 15 is 0 Å². The van der Waals surface area contributed by atoms with Crippen LogP contribution in [0, 0.1) is 13.8 Å². The Morgan fingerprint density at radius 2 is 1.73 bits per heavy atom. The van der Waals surface area contributed by atoms with Crippen molar-refractivity contribution in [3.05, 3.63) is 143 Å². The van der Waals surface area contributed by atoms with Gasteiger partial charge in [0, 0.05) is 33.2 Å². The highest BCUT2D eigenvalue weighted by Gasteiger charge is 2.35. The summed E-state index contributed by atoms with van der Waals surface area (Å²) in [5.41, 5.74) is 6.06. The summed E-state index contributed by atoms with van der Waals surface area (Å²) in [7, 11) is 0. The summed E-state index contributed by atoms with van der Waals surface area (Å²) in [4.78, 5) is 32.9. The molecule has 49 heavy (non-hydrogen) atoms. The van der Waals surface area contributed by atoms with Crippen LogP contribution >= 0.6 is 22.9 Å². The Morgan fingerprint density at radius 1 is 1.02 bits per heavy atom. The number of fused-ring (bicyclic) bond motifs is 1. The lowest BCUT2D eigenvalue weighted by Crippen LogP contribution is -2.40. The van der Waals surface area contributed by atoms with Gasteiger partial charge in [0.05, 0.1) is 28.5 Å². The van der Waals surface area contributed by atoms with Gasteiger partial charge in [-0.25, -0.2) is 9.79 Å². The summed E-state index contributed by atoms with van der Waals surface area (Å²) in [6, 6.07) is 24.3. The summed E-state index contributed by atoms with van der Waals surface area (Å²) in [6.07, 6.45) is 1.79. The molecule has 0 spiro atoms. The zero-order valence-electron chi connectivity index (χ0n) is 28.3. The number of ether oxygens (including phenoxy) is 3. The van der Waals surface area contributed by atoms with Crippen molar-refractivity contribution in [3.8, 4) is 17.2 Å². The number of allylic oxidation sites excluding steroid dienone is 1. The lowest BCUT2D eigenvalue weighted by atomic mass is 9.95. The average Bonchev–Trinajstić information content (AvgIpc) is 3.53. The van der Waals surface area contributed by atoms with E-state index in [9.17, 15) is 9.59 Å². The van der Waals surface area contributed by atoms with E-state index < -0.39 is 12.0 Å². The van der Waals surface area contributed by atoms with E-state index in [1.165, 1.54) is 11.3 Å². The molecule has 0 N–H and O–H groups in total. The standard InChI is InChI=1S/C39H38ClN3O5S/c1-7-46-38(45)35-25(5)41-39-43(36(35)31-13-9-11-15-33(31)48-23(2)3)37(44)34(49-39)21-28-20-24(4)42(26(28)6)29-16-18-30(19-17-29)47-22-27-12-8-10-14-32(27)40/h8-21,23,36H,7,22H2,1-6H3/b34-21-/t36-/m0/s1. The Morgan fingerprint density at radius 3 is 2.45 bits per heavy atom. The molecule has 6 rings (SSSR count). The van der Waals surface area contributed by atoms with E-state index in [0.717, 1.165) is 34.0 Å². The zero-order chi connectivity index (χ0) is 34.8. The predicted octanol–water partition coefficient (Wildman–Crippen LogP) is 7.23. The molecule has 1 aliphatic rings. The highest BCUT2D eigenvalue weighted by atomic mass is 35.5. The molecule has 3 heterocycles. The number of nitrogens with zero attached hydrogens (tertiary/aromatic N) is 3. The molecule has 0 bridgehead atoms. The minimum absolute atomic E-state index is 0.111. The number of esters is 1. The van der Waals surface area contributed by atoms with Crippen LogP contribution in [0.25, 0.3) is 11.8 Å². The molecule has 8 nitrogen and oxygen atoms in total. The van der Waals surface area contributed by atoms with Gasteiger partial charge in [-0.15, -0.1) is 0 Å². The highest BCUT2D eigenvalue weighted by Crippen LogP contribution is 2.36. The van der Waals surface area contributed by atoms with E-state index in [1.54, 1.807) is 18.4 Å². The second kappa shape index (κ2) is 14.3. The predicted molar refractivity (Wildman–Crippen MR) is 194 cm³/mol. The third-order valence-corrected chi connectivity index (χ3v) is 9.65. The van der Waals surface area contributed by atoms with Gasteiger partial charge in [0.25, 0.3) is 5.56 Å². The number of halogens is 1. The fraction of sp³-hybridized carbons (Fsp3) is 0.256. The van der Waals surface area contributed by atoms with Crippen molar-refractivity contribution < 1.29 is 19.0 Å². The number of benzene rings is 3. The van der Waals surface area contributed by atoms with Crippen LogP contribution in [0.4, 0.5) is 0 Å². The molecule has 0 saturated heterocycles. The molecular weight excluding hydrogens is 658 g/mol. The summed E-state index contributed by atoms with van der Waals surface area (Å²) in [5, 5.41) is 0.674. The molecule has 0 aliphatic carbocycles. The number of thiazole rings is 1. The first-order valence-electron chi connectivity index (χ1n) is 16.2. The molecule has 10 heteroatoms. The third-order valence-electron chi connectivity index (χ3n) is 8.30. The number of rotatable bonds is 10. The third kappa shape index (κ3) is 6.86. The summed E-state index contributed by atoms with van der Waals surface area (Å²) in [6.45, 7) is 12.1. The maximum Gasteiger partial charge on any atom is 0.338 e. The Labute approximate surface area is 294 Å². The van der Waals surface area contributed by atoms with Gasteiger partial charge >= 0.3 is 5.97 Å². The van der Waals surface area contributed by atoms with Crippen molar-refractivity contribution in [1.82, 2.24) is 9.13 Å². The molecule has 5 aromatic rings. The number of aromatic nitrogens is 2. The molecule has 0 fully saturated rings. The first-order chi connectivity index (χ1) is 23.6. The monoisotopic (exact) mass is 695 g/mol. The largest absolute Gasteiger partial charge is 0.491 e. The second-order valence-corrected chi connectivity index (χ2v) is 13.5. The molecule has 3 aromatic carbocycles. The van der Waals surface area contributed by atoms with Crippen molar-refractivity contribution >= 4 is 35.0 Å². The molecular formula is C39H38ClN3O5S. The average molecular weight is 696 g/mol. The second-order valence-electron chi connectivity index (χ2n) is 12.0. The van der Waals surface area contributed by atoms with E-state index in [0.29, 0.717) is 43.5 Å². The summed E-state index contributed by atoms with van der Waals surface area (Å²) in [5.74, 6) is 0.823. The topological polar surface area (TPSA) is 84.0 Å². The van der Waals surface area contributed by atoms with Gasteiger partial charge in [0.15, 0.2) is 4.80 Å². The quantitative estimate of drug-likeness (QED) is 0.144. The maximum absolute atomic E-state index is 14.3. The van der Waals surface area contributed by atoms with Crippen LogP contribution in [-0.2, 0) is 16.1 Å². The molecule has 1 aliphatic heterocycles. The molecule has 0 unspecified atom stereocenters. The molecule has 0 radical (unpaired) electrons. The normalized spacial score (nSPS) is 14.5. The smallest absolute Gasteiger partial charge is 0.338 e. The first-order valence-corrected chi connectivity index (χ1v) is 17.4. The van der Waals surface area contributed by atoms with Crippen LogP contribution in [0.3, 0.4) is 0 Å². The van der Waals surface area contributed by atoms with Crippen molar-refractivity contribution in [2.24, 2.45) is 4.99 Å². The van der Waals surface area contributed by atoms with Crippen molar-refractivity contribution in [2.75, 3.05) is 6.61 Å². The SMILES string of the molecule is CCOC(=O)C1=C(C)N=c2s/c(=C\c3cc(C)n(-c4ccc(OCc5ccccc5Cl)cc4)c3C)c(=O)n2[C@H]1c1ccccc1OC(C)C. The van der Waals surface area contributed by atoms with E-state index in [4.69, 9.17) is 30.8 Å². The lowest BCUT2D eigenvalue weighted by molar-refractivity contribution is -0.139. The molecule has 0 amide bonds. The van der Waals surface area contributed by atoms with E-state index in [-0.39, 0.29) is 18.3 Å². The van der Waals surface area contributed by atoms with Crippen LogP contribution in [0.1, 0.15) is 61.8 Å². The number of hydrogen-bond acceptors (Lipinski definition) is 7.